The SMILES string of the molecule is CCn1nc(C)cc1C(=O)Nc1nc2cc(C(N)=O)cc(OC)c2n1C/C=C/Cn1c(NC)nc2cc(C(N)=O)cc(OCCCN(C)C(=O)[C@H](Cc3ccccc3)NC(=O)CCN3C(=O)C=CC3=O)c21. The van der Waals surface area contributed by atoms with Crippen LogP contribution in [0.15, 0.2) is 85.0 Å². The number of nitrogens with zero attached hydrogens (tertiary/aromatic N) is 8. The van der Waals surface area contributed by atoms with Gasteiger partial charge >= 0.3 is 0 Å². The molecule has 0 bridgehead atoms. The molecule has 0 radical (unpaired) electrons. The first-order chi connectivity index (χ1) is 34.1. The Kier molecular flexibility index (Phi) is 15.6. The number of rotatable bonds is 23. The molecule has 22 nitrogen and oxygen atoms in total. The summed E-state index contributed by atoms with van der Waals surface area (Å²) in [6.45, 7) is 4.78. The number of aryl methyl sites for hydroxylation is 2. The number of anilines is 2. The smallest absolute Gasteiger partial charge is 0.276 e. The van der Waals surface area contributed by atoms with Crippen LogP contribution in [0.1, 0.15) is 62.2 Å². The van der Waals surface area contributed by atoms with E-state index in [0.717, 1.165) is 22.6 Å². The first kappa shape index (κ1) is 50.1. The predicted octanol–water partition coefficient (Wildman–Crippen LogP) is 2.94. The Bertz CT molecular complexity index is 3080. The summed E-state index contributed by atoms with van der Waals surface area (Å²) in [5.74, 6) is -2.39. The molecule has 7 amide bonds. The number of allylic oxidation sites excluding steroid dienone is 2. The molecule has 7 rings (SSSR count). The summed E-state index contributed by atoms with van der Waals surface area (Å²) in [4.78, 5) is 101. The molecule has 0 unspecified atom stereocenters. The van der Waals surface area contributed by atoms with Crippen LogP contribution >= 0.6 is 0 Å². The van der Waals surface area contributed by atoms with Crippen molar-refractivity contribution in [3.05, 3.63) is 113 Å². The highest BCUT2D eigenvalue weighted by molar-refractivity contribution is 6.13. The number of fused-ring (bicyclic) bond motifs is 2. The number of nitrogens with one attached hydrogen (secondary N) is 3. The maximum Gasteiger partial charge on any atom is 0.276 e. The van der Waals surface area contributed by atoms with Gasteiger partial charge in [-0.05, 0) is 56.2 Å². The molecule has 1 aliphatic heterocycles. The number of nitrogens with two attached hydrogens (primary N) is 2. The predicted molar refractivity (Wildman–Crippen MR) is 263 cm³/mol. The largest absolute Gasteiger partial charge is 0.494 e. The minimum atomic E-state index is -0.941. The molecular formula is C49H55N13O9. The number of primary amides is 2. The normalized spacial score (nSPS) is 12.8. The Morgan fingerprint density at radius 3 is 2.06 bits per heavy atom. The Balaban J connectivity index is 1.08. The van der Waals surface area contributed by atoms with E-state index >= 15 is 0 Å². The molecule has 3 aromatic carbocycles. The number of hydrogen-bond acceptors (Lipinski definition) is 13. The van der Waals surface area contributed by atoms with Crippen LogP contribution in [0.2, 0.25) is 0 Å². The molecule has 0 spiro atoms. The molecule has 71 heavy (non-hydrogen) atoms. The van der Waals surface area contributed by atoms with Gasteiger partial charge in [-0.25, -0.2) is 9.97 Å². The van der Waals surface area contributed by atoms with Crippen LogP contribution in [0.25, 0.3) is 22.1 Å². The van der Waals surface area contributed by atoms with Crippen LogP contribution in [0, 0.1) is 6.92 Å². The Hall–Kier alpha value is -8.82. The van der Waals surface area contributed by atoms with Gasteiger partial charge in [0, 0.05) is 82.9 Å². The number of imidazole rings is 2. The van der Waals surface area contributed by atoms with E-state index in [4.69, 9.17) is 25.9 Å². The highest BCUT2D eigenvalue weighted by atomic mass is 16.5. The van der Waals surface area contributed by atoms with Crippen molar-refractivity contribution in [1.29, 1.82) is 0 Å². The van der Waals surface area contributed by atoms with Gasteiger partial charge in [-0.3, -0.25) is 48.5 Å². The quantitative estimate of drug-likeness (QED) is 0.0351. The second kappa shape index (κ2) is 22.1. The Morgan fingerprint density at radius 2 is 1.45 bits per heavy atom. The monoisotopic (exact) mass is 969 g/mol. The van der Waals surface area contributed by atoms with Crippen molar-refractivity contribution < 1.29 is 43.0 Å². The van der Waals surface area contributed by atoms with Crippen LogP contribution in [0.3, 0.4) is 0 Å². The van der Waals surface area contributed by atoms with Gasteiger partial charge in [0.1, 0.15) is 34.3 Å². The summed E-state index contributed by atoms with van der Waals surface area (Å²) in [7, 11) is 4.78. The molecule has 0 aliphatic carbocycles. The zero-order valence-electron chi connectivity index (χ0n) is 39.9. The van der Waals surface area contributed by atoms with Gasteiger partial charge in [0.05, 0.1) is 30.4 Å². The molecule has 6 aromatic rings. The third-order valence-corrected chi connectivity index (χ3v) is 11.7. The fraction of sp³-hybridized carbons (Fsp3) is 0.306. The summed E-state index contributed by atoms with van der Waals surface area (Å²) in [5, 5.41) is 13.2. The average molecular weight is 970 g/mol. The Morgan fingerprint density at radius 1 is 0.845 bits per heavy atom. The summed E-state index contributed by atoms with van der Waals surface area (Å²) >= 11 is 0. The van der Waals surface area contributed by atoms with Crippen LogP contribution in [0.5, 0.6) is 11.5 Å². The fourth-order valence-electron chi connectivity index (χ4n) is 8.19. The second-order valence-electron chi connectivity index (χ2n) is 16.6. The molecule has 0 saturated carbocycles. The number of hydrogen-bond donors (Lipinski definition) is 5. The van der Waals surface area contributed by atoms with E-state index in [1.54, 1.807) is 42.4 Å². The molecule has 1 atom stereocenters. The van der Waals surface area contributed by atoms with E-state index in [0.29, 0.717) is 63.9 Å². The van der Waals surface area contributed by atoms with E-state index in [1.165, 1.54) is 30.2 Å². The van der Waals surface area contributed by atoms with Crippen LogP contribution in [-0.4, -0.2) is 127 Å². The van der Waals surface area contributed by atoms with Crippen molar-refractivity contribution in [2.75, 3.05) is 51.5 Å². The van der Waals surface area contributed by atoms with Crippen molar-refractivity contribution in [2.45, 2.75) is 58.8 Å². The van der Waals surface area contributed by atoms with Crippen molar-refractivity contribution in [1.82, 2.24) is 44.0 Å². The molecule has 22 heteroatoms. The van der Waals surface area contributed by atoms with E-state index in [9.17, 15) is 33.6 Å². The van der Waals surface area contributed by atoms with Gasteiger partial charge < -0.3 is 45.6 Å². The number of amides is 7. The lowest BCUT2D eigenvalue weighted by molar-refractivity contribution is -0.138. The van der Waals surface area contributed by atoms with Crippen molar-refractivity contribution in [3.8, 4) is 11.5 Å². The molecule has 3 aromatic heterocycles. The van der Waals surface area contributed by atoms with E-state index in [-0.39, 0.29) is 68.6 Å². The Labute approximate surface area is 407 Å². The molecule has 370 valence electrons. The van der Waals surface area contributed by atoms with Crippen molar-refractivity contribution in [2.24, 2.45) is 11.5 Å². The second-order valence-corrected chi connectivity index (χ2v) is 16.6. The van der Waals surface area contributed by atoms with Gasteiger partial charge in [0.15, 0.2) is 0 Å². The third kappa shape index (κ3) is 11.4. The maximum atomic E-state index is 13.9. The molecule has 1 aliphatic rings. The van der Waals surface area contributed by atoms with Gasteiger partial charge in [0.2, 0.25) is 35.5 Å². The minimum absolute atomic E-state index is 0.104. The number of imide groups is 1. The number of carbonyl (C=O) groups excluding carboxylic acids is 7. The van der Waals surface area contributed by atoms with E-state index in [2.05, 4.69) is 26.0 Å². The van der Waals surface area contributed by atoms with Crippen LogP contribution < -0.4 is 36.9 Å². The maximum absolute atomic E-state index is 13.9. The lowest BCUT2D eigenvalue weighted by atomic mass is 10.0. The number of benzene rings is 3. The zero-order chi connectivity index (χ0) is 50.9. The van der Waals surface area contributed by atoms with Gasteiger partial charge in [0.25, 0.3) is 17.7 Å². The zero-order valence-corrected chi connectivity index (χ0v) is 39.9. The van der Waals surface area contributed by atoms with Crippen LogP contribution in [-0.2, 0) is 45.2 Å². The number of methoxy groups -OCH3 is 1. The van der Waals surface area contributed by atoms with Crippen molar-refractivity contribution in [3.63, 3.8) is 0 Å². The van der Waals surface area contributed by atoms with E-state index < -0.39 is 41.5 Å². The summed E-state index contributed by atoms with van der Waals surface area (Å²) < 4.78 is 17.2. The first-order valence-corrected chi connectivity index (χ1v) is 22.8. The number of likely N-dealkylation sites (N-methyl/N-ethyl adjacent to an activating group) is 1. The highest BCUT2D eigenvalue weighted by Gasteiger charge is 2.28. The van der Waals surface area contributed by atoms with E-state index in [1.807, 2.05) is 54.0 Å². The molecule has 0 saturated heterocycles. The third-order valence-electron chi connectivity index (χ3n) is 11.7. The van der Waals surface area contributed by atoms with Crippen molar-refractivity contribution >= 4 is 75.3 Å². The standard InChI is InChI=1S/C49H55N13O9/c1-6-62-36(23-29(2)57-62)46(68)56-49-55-33-25-31(44(50)66)27-37(70-5)42(33)61(49)20-11-10-19-60-43-34(54-48(60)52-3)26-32(45(51)67)28-38(43)71-22-12-18-58(4)47(69)35(24-30-13-8-7-9-14-30)53-39(63)17-21-59-40(64)15-16-41(59)65/h7-11,13-16,23,25-28,35H,6,12,17-22,24H2,1-5H3,(H2,50,66)(H2,51,67)(H,52,54)(H,53,63)(H,55,56,68)/b11-10+/t35-/m0/s1. The van der Waals surface area contributed by atoms with Crippen LogP contribution in [0.4, 0.5) is 11.9 Å². The summed E-state index contributed by atoms with van der Waals surface area (Å²) in [5.41, 5.74) is 15.4. The lowest BCUT2D eigenvalue weighted by Crippen LogP contribution is -2.49. The fourth-order valence-corrected chi connectivity index (χ4v) is 8.19. The minimum Gasteiger partial charge on any atom is -0.494 e. The highest BCUT2D eigenvalue weighted by Crippen LogP contribution is 2.33. The van der Waals surface area contributed by atoms with Gasteiger partial charge in [-0.1, -0.05) is 42.5 Å². The molecule has 0 fully saturated rings. The topological polar surface area (TPSA) is 286 Å². The summed E-state index contributed by atoms with van der Waals surface area (Å²) in [6, 6.07) is 16.1. The summed E-state index contributed by atoms with van der Waals surface area (Å²) in [6.07, 6.45) is 6.39. The number of carbonyl (C=O) groups is 7. The van der Waals surface area contributed by atoms with Gasteiger partial charge in [-0.2, -0.15) is 5.10 Å². The first-order valence-electron chi connectivity index (χ1n) is 22.8. The van der Waals surface area contributed by atoms with Gasteiger partial charge in [-0.15, -0.1) is 0 Å². The molecule has 7 N–H and O–H groups in total. The average Bonchev–Trinajstić information content (AvgIpc) is 4.11. The molecule has 4 heterocycles. The number of aromatic nitrogens is 6. The molecular weight excluding hydrogens is 915 g/mol. The lowest BCUT2D eigenvalue weighted by Gasteiger charge is -2.25. The number of ether oxygens (including phenoxy) is 2.